The van der Waals surface area contributed by atoms with Gasteiger partial charge in [0, 0.05) is 38.7 Å². The van der Waals surface area contributed by atoms with Gasteiger partial charge in [0.15, 0.2) is 0 Å². The van der Waals surface area contributed by atoms with Crippen LogP contribution in [0.4, 0.5) is 0 Å². The van der Waals surface area contributed by atoms with Gasteiger partial charge in [0.05, 0.1) is 11.0 Å². The lowest BCUT2D eigenvalue weighted by molar-refractivity contribution is 0.472. The maximum atomic E-state index is 7.04. The van der Waals surface area contributed by atoms with Crippen LogP contribution < -0.4 is 9.47 Å². The Bertz CT molecular complexity index is 2740. The molecule has 1 aromatic heterocycles. The normalized spacial score (nSPS) is 11.8. The summed E-state index contributed by atoms with van der Waals surface area (Å²) in [7, 11) is 0. The number of benzene rings is 8. The molecule has 0 spiro atoms. The Hall–Kier alpha value is -6.84. The van der Waals surface area contributed by atoms with Gasteiger partial charge in [-0.3, -0.25) is 0 Å². The molecule has 0 amide bonds. The zero-order valence-corrected chi connectivity index (χ0v) is 27.7. The summed E-state index contributed by atoms with van der Waals surface area (Å²) >= 11 is 0. The smallest absolute Gasteiger partial charge is 0.136 e. The van der Waals surface area contributed by atoms with Crippen molar-refractivity contribution in [3.05, 3.63) is 188 Å². The van der Waals surface area contributed by atoms with Gasteiger partial charge in [-0.15, -0.1) is 0 Å². The molecule has 2 heterocycles. The molecule has 3 heteroatoms. The van der Waals surface area contributed by atoms with E-state index < -0.39 is 0 Å². The average molecular weight is 654 g/mol. The van der Waals surface area contributed by atoms with Crippen molar-refractivity contribution in [3.63, 3.8) is 0 Å². The van der Waals surface area contributed by atoms with Crippen LogP contribution in [0.25, 0.3) is 72.0 Å². The first kappa shape index (κ1) is 29.1. The van der Waals surface area contributed by atoms with E-state index in [1.807, 2.05) is 36.4 Å². The number of rotatable bonds is 3. The number of aromatic nitrogens is 1. The number of fused-ring (bicyclic) bond motifs is 9. The van der Waals surface area contributed by atoms with E-state index in [4.69, 9.17) is 9.47 Å². The number of hydrogen-bond acceptors (Lipinski definition) is 2. The summed E-state index contributed by atoms with van der Waals surface area (Å²) in [5.74, 6) is 3.09. The maximum Gasteiger partial charge on any atom is 0.136 e. The molecule has 0 fully saturated rings. The van der Waals surface area contributed by atoms with Crippen LogP contribution in [0.1, 0.15) is 0 Å². The lowest BCUT2D eigenvalue weighted by Gasteiger charge is -2.22. The Labute approximate surface area is 296 Å². The molecule has 10 rings (SSSR count). The molecule has 0 N–H and O–H groups in total. The lowest BCUT2D eigenvalue weighted by atomic mass is 9.95. The molecule has 0 aliphatic carbocycles. The first-order valence-electron chi connectivity index (χ1n) is 17.3. The van der Waals surface area contributed by atoms with Gasteiger partial charge in [-0.2, -0.15) is 0 Å². The fraction of sp³-hybridized carbons (Fsp3) is 0. The highest BCUT2D eigenvalue weighted by molar-refractivity contribution is 6.10. The summed E-state index contributed by atoms with van der Waals surface area (Å²) in [6, 6.07) is 65.8. The molecule has 9 aromatic rings. The highest BCUT2D eigenvalue weighted by Crippen LogP contribution is 2.48. The predicted octanol–water partition coefficient (Wildman–Crippen LogP) is 13.3. The largest absolute Gasteiger partial charge is 0.456 e. The van der Waals surface area contributed by atoms with Crippen molar-refractivity contribution in [1.29, 1.82) is 0 Å². The monoisotopic (exact) mass is 653 g/mol. The van der Waals surface area contributed by atoms with E-state index in [1.165, 1.54) is 21.8 Å². The van der Waals surface area contributed by atoms with Crippen LogP contribution in [0.3, 0.4) is 0 Å². The third-order valence-corrected chi connectivity index (χ3v) is 9.88. The maximum absolute atomic E-state index is 7.04. The molecule has 0 saturated heterocycles. The first-order chi connectivity index (χ1) is 25.3. The number of para-hydroxylation sites is 4. The van der Waals surface area contributed by atoms with Crippen LogP contribution in [0.2, 0.25) is 0 Å². The minimum atomic E-state index is 0.767. The van der Waals surface area contributed by atoms with E-state index in [-0.39, 0.29) is 0 Å². The van der Waals surface area contributed by atoms with Crippen LogP contribution in [0.15, 0.2) is 188 Å². The first-order valence-corrected chi connectivity index (χ1v) is 17.3. The second-order valence-electron chi connectivity index (χ2n) is 12.9. The average Bonchev–Trinajstić information content (AvgIpc) is 3.53. The summed E-state index contributed by atoms with van der Waals surface area (Å²) in [4.78, 5) is 0. The van der Waals surface area contributed by atoms with Crippen molar-refractivity contribution in [2.75, 3.05) is 0 Å². The number of nitrogens with zero attached hydrogens (tertiary/aromatic N) is 1. The second-order valence-corrected chi connectivity index (χ2v) is 12.9. The Morgan fingerprint density at radius 1 is 0.294 bits per heavy atom. The molecule has 0 saturated carbocycles. The lowest BCUT2D eigenvalue weighted by Crippen LogP contribution is -1.98. The molecule has 1 aliphatic rings. The van der Waals surface area contributed by atoms with Crippen molar-refractivity contribution in [3.8, 4) is 73.2 Å². The molecule has 51 heavy (non-hydrogen) atoms. The Morgan fingerprint density at radius 3 is 1.63 bits per heavy atom. The highest BCUT2D eigenvalue weighted by atomic mass is 16.5. The molecule has 0 atom stereocenters. The number of ether oxygens (including phenoxy) is 2. The highest BCUT2D eigenvalue weighted by Gasteiger charge is 2.22. The Morgan fingerprint density at radius 2 is 0.824 bits per heavy atom. The fourth-order valence-electron chi connectivity index (χ4n) is 7.45. The molecule has 0 bridgehead atoms. The van der Waals surface area contributed by atoms with Crippen molar-refractivity contribution in [1.82, 2.24) is 4.57 Å². The molecule has 240 valence electrons. The summed E-state index contributed by atoms with van der Waals surface area (Å²) in [5.41, 5.74) is 11.8. The molecule has 3 nitrogen and oxygen atoms in total. The van der Waals surface area contributed by atoms with Gasteiger partial charge in [0.2, 0.25) is 0 Å². The van der Waals surface area contributed by atoms with E-state index in [9.17, 15) is 0 Å². The van der Waals surface area contributed by atoms with Gasteiger partial charge in [-0.05, 0) is 89.0 Å². The zero-order valence-electron chi connectivity index (χ0n) is 27.7. The fourth-order valence-corrected chi connectivity index (χ4v) is 7.45. The second kappa shape index (κ2) is 11.9. The van der Waals surface area contributed by atoms with Gasteiger partial charge in [-0.25, -0.2) is 0 Å². The van der Waals surface area contributed by atoms with Crippen LogP contribution in [-0.4, -0.2) is 4.57 Å². The van der Waals surface area contributed by atoms with Gasteiger partial charge < -0.3 is 14.0 Å². The van der Waals surface area contributed by atoms with Crippen molar-refractivity contribution < 1.29 is 9.47 Å². The van der Waals surface area contributed by atoms with Crippen LogP contribution in [0, 0.1) is 0 Å². The van der Waals surface area contributed by atoms with Crippen molar-refractivity contribution >= 4 is 21.8 Å². The molecule has 0 unspecified atom stereocenters. The Balaban J connectivity index is 1.16. The number of hydrogen-bond donors (Lipinski definition) is 0. The van der Waals surface area contributed by atoms with E-state index in [2.05, 4.69) is 156 Å². The third kappa shape index (κ3) is 4.98. The topological polar surface area (TPSA) is 23.4 Å². The van der Waals surface area contributed by atoms with Crippen LogP contribution in [0.5, 0.6) is 23.0 Å². The van der Waals surface area contributed by atoms with Crippen molar-refractivity contribution in [2.24, 2.45) is 0 Å². The van der Waals surface area contributed by atoms with Gasteiger partial charge in [0.25, 0.3) is 0 Å². The molecule has 0 radical (unpaired) electrons. The quantitative estimate of drug-likeness (QED) is 0.189. The van der Waals surface area contributed by atoms with E-state index in [0.29, 0.717) is 0 Å². The SMILES string of the molecule is c1ccc(-c2ccc3c(c2)-c2ccccc2Oc2ccccc2-c2ccc(-c4ccc5c(c4)c4ccccc4n5-c4ccccc4)cc2O3)cc1. The standard InChI is InChI=1S/C48H31NO2/c1-3-13-32(14-4-1)33-25-28-47-42(30-33)39-19-9-12-22-46(39)50-45-21-11-8-18-38(45)40-26-23-35(31-48(40)51-47)34-24-27-44-41(29-34)37-17-7-10-20-43(37)49(44)36-15-5-2-6-16-36/h1-31H. The van der Waals surface area contributed by atoms with E-state index in [1.54, 1.807) is 0 Å². The zero-order chi connectivity index (χ0) is 33.7. The van der Waals surface area contributed by atoms with Gasteiger partial charge in [-0.1, -0.05) is 121 Å². The minimum absolute atomic E-state index is 0.767. The summed E-state index contributed by atoms with van der Waals surface area (Å²) in [5, 5.41) is 2.43. The van der Waals surface area contributed by atoms with Gasteiger partial charge in [0.1, 0.15) is 23.0 Å². The molecule has 8 aromatic carbocycles. The summed E-state index contributed by atoms with van der Waals surface area (Å²) in [6.45, 7) is 0. The van der Waals surface area contributed by atoms with E-state index >= 15 is 0 Å². The Kier molecular flexibility index (Phi) is 6.81. The summed E-state index contributed by atoms with van der Waals surface area (Å²) in [6.07, 6.45) is 0. The minimum Gasteiger partial charge on any atom is -0.456 e. The third-order valence-electron chi connectivity index (χ3n) is 9.88. The van der Waals surface area contributed by atoms with Crippen LogP contribution in [-0.2, 0) is 0 Å². The molecule has 1 aliphatic heterocycles. The molecular weight excluding hydrogens is 623 g/mol. The van der Waals surface area contributed by atoms with Crippen molar-refractivity contribution in [2.45, 2.75) is 0 Å². The molecular formula is C48H31NO2. The summed E-state index contributed by atoms with van der Waals surface area (Å²) < 4.78 is 16.2. The van der Waals surface area contributed by atoms with Crippen LogP contribution >= 0.6 is 0 Å². The predicted molar refractivity (Wildman–Crippen MR) is 209 cm³/mol. The van der Waals surface area contributed by atoms with E-state index in [0.717, 1.165) is 73.2 Å². The van der Waals surface area contributed by atoms with Gasteiger partial charge >= 0.3 is 0 Å².